The molecule has 1 saturated heterocycles. The number of amidine groups is 1. The predicted molar refractivity (Wildman–Crippen MR) is 125 cm³/mol. The Balaban J connectivity index is 1.46. The molecule has 1 amide bonds. The first-order valence-electron chi connectivity index (χ1n) is 9.94. The van der Waals surface area contributed by atoms with Crippen molar-refractivity contribution < 1.29 is 13.2 Å². The standard InChI is InChI=1S/C22H25N3O3S2/c1-13(2)15-6-8-17(9-7-15)23-21(26)16-5-4-14(3)18(10-16)24-22-25-19-11-30(27,28)12-20(19)29-22/h4-10,13,19-20H,11-12H2,1-3H3,(H,23,26)(H,24,25). The highest BCUT2D eigenvalue weighted by atomic mass is 32.2. The normalized spacial score (nSPS) is 21.9. The maximum atomic E-state index is 12.7. The summed E-state index contributed by atoms with van der Waals surface area (Å²) in [5, 5.41) is 6.92. The Bertz CT molecular complexity index is 1110. The minimum atomic E-state index is -2.97. The number of carbonyl (C=O) groups excluding carboxylic acids is 1. The monoisotopic (exact) mass is 443 g/mol. The van der Waals surface area contributed by atoms with E-state index in [1.807, 2.05) is 37.3 Å². The summed E-state index contributed by atoms with van der Waals surface area (Å²) in [7, 11) is -2.97. The zero-order chi connectivity index (χ0) is 21.5. The molecule has 0 aliphatic carbocycles. The zero-order valence-electron chi connectivity index (χ0n) is 17.2. The number of nitrogens with zero attached hydrogens (tertiary/aromatic N) is 1. The Morgan fingerprint density at radius 1 is 1.13 bits per heavy atom. The van der Waals surface area contributed by atoms with E-state index < -0.39 is 9.84 Å². The third-order valence-corrected chi connectivity index (χ3v) is 8.54. The van der Waals surface area contributed by atoms with E-state index in [1.54, 1.807) is 12.1 Å². The van der Waals surface area contributed by atoms with Crippen molar-refractivity contribution in [1.29, 1.82) is 0 Å². The second-order valence-corrected chi connectivity index (χ2v) is 11.5. The van der Waals surface area contributed by atoms with Gasteiger partial charge in [-0.25, -0.2) is 8.42 Å². The summed E-state index contributed by atoms with van der Waals surface area (Å²) in [5.74, 6) is 0.553. The van der Waals surface area contributed by atoms with Crippen LogP contribution in [0.5, 0.6) is 0 Å². The second-order valence-electron chi connectivity index (χ2n) is 8.12. The summed E-state index contributed by atoms with van der Waals surface area (Å²) in [5.41, 5.74) is 4.31. The van der Waals surface area contributed by atoms with E-state index in [9.17, 15) is 13.2 Å². The number of thioether (sulfide) groups is 1. The molecule has 2 aromatic rings. The number of carbonyl (C=O) groups is 1. The first-order chi connectivity index (χ1) is 14.2. The van der Waals surface area contributed by atoms with Crippen molar-refractivity contribution in [3.63, 3.8) is 0 Å². The molecule has 0 aromatic heterocycles. The number of aryl methyl sites for hydroxylation is 1. The Morgan fingerprint density at radius 3 is 2.53 bits per heavy atom. The van der Waals surface area contributed by atoms with Gasteiger partial charge in [0.15, 0.2) is 15.0 Å². The number of hydrogen-bond acceptors (Lipinski definition) is 6. The van der Waals surface area contributed by atoms with E-state index in [1.165, 1.54) is 17.3 Å². The van der Waals surface area contributed by atoms with E-state index in [2.05, 4.69) is 29.5 Å². The van der Waals surface area contributed by atoms with Crippen LogP contribution in [0.3, 0.4) is 0 Å². The molecule has 8 heteroatoms. The largest absolute Gasteiger partial charge is 0.335 e. The Kier molecular flexibility index (Phi) is 5.63. The molecule has 30 heavy (non-hydrogen) atoms. The van der Waals surface area contributed by atoms with Crippen molar-refractivity contribution in [1.82, 2.24) is 0 Å². The zero-order valence-corrected chi connectivity index (χ0v) is 18.8. The van der Waals surface area contributed by atoms with Gasteiger partial charge >= 0.3 is 0 Å². The average molecular weight is 444 g/mol. The van der Waals surface area contributed by atoms with Gasteiger partial charge in [-0.2, -0.15) is 0 Å². The molecule has 2 aromatic carbocycles. The van der Waals surface area contributed by atoms with E-state index in [0.717, 1.165) is 16.9 Å². The number of fused-ring (bicyclic) bond motifs is 1. The molecule has 0 radical (unpaired) electrons. The van der Waals surface area contributed by atoms with Crippen LogP contribution in [0.2, 0.25) is 0 Å². The van der Waals surface area contributed by atoms with Gasteiger partial charge < -0.3 is 10.6 Å². The van der Waals surface area contributed by atoms with Gasteiger partial charge in [0.05, 0.1) is 17.5 Å². The number of anilines is 2. The minimum Gasteiger partial charge on any atom is -0.335 e. The Labute approximate surface area is 181 Å². The summed E-state index contributed by atoms with van der Waals surface area (Å²) < 4.78 is 23.5. The lowest BCUT2D eigenvalue weighted by molar-refractivity contribution is 0.102. The third kappa shape index (κ3) is 4.54. The van der Waals surface area contributed by atoms with Crippen LogP contribution >= 0.6 is 11.8 Å². The molecule has 0 spiro atoms. The number of rotatable bonds is 4. The number of benzene rings is 2. The molecule has 4 rings (SSSR count). The highest BCUT2D eigenvalue weighted by Gasteiger charge is 2.42. The summed E-state index contributed by atoms with van der Waals surface area (Å²) in [6.45, 7) is 6.22. The van der Waals surface area contributed by atoms with Gasteiger partial charge in [-0.05, 0) is 48.2 Å². The molecule has 6 nitrogen and oxygen atoms in total. The lowest BCUT2D eigenvalue weighted by Crippen LogP contribution is -2.14. The molecular formula is C22H25N3O3S2. The van der Waals surface area contributed by atoms with Crippen molar-refractivity contribution in [3.05, 3.63) is 59.2 Å². The van der Waals surface area contributed by atoms with Gasteiger partial charge in [-0.15, -0.1) is 0 Å². The summed E-state index contributed by atoms with van der Waals surface area (Å²) >= 11 is 1.47. The number of aliphatic imine (C=N–C) groups is 1. The number of sulfone groups is 1. The highest BCUT2D eigenvalue weighted by Crippen LogP contribution is 2.35. The third-order valence-electron chi connectivity index (χ3n) is 5.39. The van der Waals surface area contributed by atoms with Gasteiger partial charge in [0.1, 0.15) is 0 Å². The van der Waals surface area contributed by atoms with Crippen molar-refractivity contribution in [3.8, 4) is 0 Å². The van der Waals surface area contributed by atoms with Crippen LogP contribution in [0, 0.1) is 6.92 Å². The maximum Gasteiger partial charge on any atom is 0.255 e. The molecule has 0 saturated carbocycles. The van der Waals surface area contributed by atoms with Crippen LogP contribution in [0.4, 0.5) is 11.4 Å². The summed E-state index contributed by atoms with van der Waals surface area (Å²) in [6, 6.07) is 13.2. The topological polar surface area (TPSA) is 87.6 Å². The van der Waals surface area contributed by atoms with Crippen LogP contribution in [-0.4, -0.2) is 42.3 Å². The van der Waals surface area contributed by atoms with Crippen molar-refractivity contribution in [2.45, 2.75) is 38.0 Å². The number of hydrogen-bond donors (Lipinski definition) is 2. The molecule has 2 N–H and O–H groups in total. The predicted octanol–water partition coefficient (Wildman–Crippen LogP) is 4.05. The fraction of sp³-hybridized carbons (Fsp3) is 0.364. The Hall–Kier alpha value is -2.32. The van der Waals surface area contributed by atoms with Gasteiger partial charge in [-0.1, -0.05) is 43.8 Å². The lowest BCUT2D eigenvalue weighted by Gasteiger charge is -2.12. The summed E-state index contributed by atoms with van der Waals surface area (Å²) in [6.07, 6.45) is 0. The van der Waals surface area contributed by atoms with E-state index in [-0.39, 0.29) is 28.7 Å². The molecule has 1 fully saturated rings. The molecule has 2 atom stereocenters. The minimum absolute atomic E-state index is 0.0156. The van der Waals surface area contributed by atoms with Crippen molar-refractivity contribution >= 4 is 44.0 Å². The first kappa shape index (κ1) is 20.9. The fourth-order valence-electron chi connectivity index (χ4n) is 3.58. The van der Waals surface area contributed by atoms with Gasteiger partial charge in [0.25, 0.3) is 5.91 Å². The Morgan fingerprint density at radius 2 is 1.87 bits per heavy atom. The first-order valence-corrected chi connectivity index (χ1v) is 12.6. The van der Waals surface area contributed by atoms with Crippen LogP contribution in [0.15, 0.2) is 47.5 Å². The average Bonchev–Trinajstić information content (AvgIpc) is 3.16. The SMILES string of the molecule is Cc1ccc(C(=O)Nc2ccc(C(C)C)cc2)cc1NC1=NC2CS(=O)(=O)CC2S1. The lowest BCUT2D eigenvalue weighted by atomic mass is 10.0. The molecule has 158 valence electrons. The van der Waals surface area contributed by atoms with E-state index in [4.69, 9.17) is 0 Å². The number of amides is 1. The van der Waals surface area contributed by atoms with E-state index in [0.29, 0.717) is 16.6 Å². The van der Waals surface area contributed by atoms with Gasteiger partial charge in [-0.3, -0.25) is 9.79 Å². The molecular weight excluding hydrogens is 418 g/mol. The molecule has 2 heterocycles. The maximum absolute atomic E-state index is 12.7. The van der Waals surface area contributed by atoms with Crippen LogP contribution < -0.4 is 10.6 Å². The molecule has 2 aliphatic heterocycles. The van der Waals surface area contributed by atoms with E-state index >= 15 is 0 Å². The highest BCUT2D eigenvalue weighted by molar-refractivity contribution is 8.15. The fourth-order valence-corrected chi connectivity index (χ4v) is 7.25. The molecule has 2 unspecified atom stereocenters. The summed E-state index contributed by atoms with van der Waals surface area (Å²) in [4.78, 5) is 17.3. The van der Waals surface area contributed by atoms with Gasteiger partial charge in [0.2, 0.25) is 0 Å². The van der Waals surface area contributed by atoms with Crippen LogP contribution in [0.25, 0.3) is 0 Å². The van der Waals surface area contributed by atoms with Crippen LogP contribution in [0.1, 0.15) is 41.3 Å². The molecule has 2 aliphatic rings. The number of nitrogens with one attached hydrogen (secondary N) is 2. The van der Waals surface area contributed by atoms with Crippen molar-refractivity contribution in [2.75, 3.05) is 22.1 Å². The molecule has 0 bridgehead atoms. The second kappa shape index (κ2) is 8.07. The quantitative estimate of drug-likeness (QED) is 0.744. The van der Waals surface area contributed by atoms with Crippen molar-refractivity contribution in [2.24, 2.45) is 4.99 Å². The smallest absolute Gasteiger partial charge is 0.255 e. The van der Waals surface area contributed by atoms with Crippen LogP contribution in [-0.2, 0) is 9.84 Å². The van der Waals surface area contributed by atoms with Gasteiger partial charge in [0, 0.05) is 22.2 Å².